The van der Waals surface area contributed by atoms with Gasteiger partial charge in [-0.25, -0.2) is 4.98 Å². The zero-order chi connectivity index (χ0) is 20.0. The molecule has 1 N–H and O–H groups in total. The number of likely N-dealkylation sites (N-methyl/N-ethyl adjacent to an activating group) is 1. The van der Waals surface area contributed by atoms with E-state index in [0.717, 1.165) is 29.6 Å². The summed E-state index contributed by atoms with van der Waals surface area (Å²) in [6, 6.07) is 9.38. The number of pyridine rings is 1. The number of anilines is 1. The Balaban J connectivity index is 1.81. The third-order valence-corrected chi connectivity index (χ3v) is 4.48. The molecule has 9 heteroatoms. The summed E-state index contributed by atoms with van der Waals surface area (Å²) < 4.78 is 37.5. The zero-order valence-electron chi connectivity index (χ0n) is 14.7. The Morgan fingerprint density at radius 2 is 1.81 bits per heavy atom. The third-order valence-electron chi connectivity index (χ3n) is 3.55. The number of nitrogens with zero attached hydrogens (tertiary/aromatic N) is 2. The van der Waals surface area contributed by atoms with Gasteiger partial charge in [0.15, 0.2) is 0 Å². The van der Waals surface area contributed by atoms with Crippen LogP contribution in [0.5, 0.6) is 0 Å². The summed E-state index contributed by atoms with van der Waals surface area (Å²) in [5.74, 6) is -0.708. The van der Waals surface area contributed by atoms with E-state index in [9.17, 15) is 22.8 Å². The van der Waals surface area contributed by atoms with Gasteiger partial charge < -0.3 is 10.2 Å². The second-order valence-corrected chi connectivity index (χ2v) is 6.83. The Morgan fingerprint density at radius 1 is 1.15 bits per heavy atom. The van der Waals surface area contributed by atoms with Crippen molar-refractivity contribution < 1.29 is 22.8 Å². The van der Waals surface area contributed by atoms with E-state index in [4.69, 9.17) is 0 Å². The minimum atomic E-state index is -4.45. The number of aromatic nitrogens is 1. The smallest absolute Gasteiger partial charge is 0.336 e. The first-order valence-corrected chi connectivity index (χ1v) is 8.90. The molecule has 2 amide bonds. The minimum absolute atomic E-state index is 0.0350. The van der Waals surface area contributed by atoms with E-state index >= 15 is 0 Å². The molecule has 0 atom stereocenters. The SMILES string of the molecule is Cc1ccc(NC(=O)CN(C)C(=O)CSc2ccc(C(F)(F)F)cn2)cc1. The number of benzene rings is 1. The maximum absolute atomic E-state index is 12.5. The van der Waals surface area contributed by atoms with Crippen LogP contribution in [-0.4, -0.2) is 41.0 Å². The normalized spacial score (nSPS) is 11.1. The van der Waals surface area contributed by atoms with E-state index in [1.807, 2.05) is 19.1 Å². The molecule has 0 bridgehead atoms. The molecule has 0 saturated carbocycles. The minimum Gasteiger partial charge on any atom is -0.336 e. The standard InChI is InChI=1S/C18H18F3N3O2S/c1-12-3-6-14(7-4-12)23-15(25)10-24(2)17(26)11-27-16-8-5-13(9-22-16)18(19,20)21/h3-9H,10-11H2,1-2H3,(H,23,25). The predicted molar refractivity (Wildman–Crippen MR) is 97.4 cm³/mol. The second kappa shape index (κ2) is 8.90. The number of carbonyl (C=O) groups excluding carboxylic acids is 2. The van der Waals surface area contributed by atoms with Crippen LogP contribution >= 0.6 is 11.8 Å². The molecule has 144 valence electrons. The Morgan fingerprint density at radius 3 is 2.37 bits per heavy atom. The molecule has 0 saturated heterocycles. The monoisotopic (exact) mass is 397 g/mol. The van der Waals surface area contributed by atoms with Gasteiger partial charge >= 0.3 is 6.18 Å². The lowest BCUT2D eigenvalue weighted by Crippen LogP contribution is -2.35. The van der Waals surface area contributed by atoms with Crippen molar-refractivity contribution in [1.29, 1.82) is 0 Å². The number of amides is 2. The lowest BCUT2D eigenvalue weighted by atomic mass is 10.2. The molecule has 5 nitrogen and oxygen atoms in total. The number of carbonyl (C=O) groups is 2. The molecule has 0 unspecified atom stereocenters. The Hall–Kier alpha value is -2.55. The van der Waals surface area contributed by atoms with Crippen LogP contribution in [0.4, 0.5) is 18.9 Å². The quantitative estimate of drug-likeness (QED) is 0.757. The highest BCUT2D eigenvalue weighted by molar-refractivity contribution is 7.99. The van der Waals surface area contributed by atoms with Crippen LogP contribution in [0, 0.1) is 6.92 Å². The first kappa shape index (κ1) is 20.8. The number of aryl methyl sites for hydroxylation is 1. The van der Waals surface area contributed by atoms with Crippen LogP contribution in [0.25, 0.3) is 0 Å². The van der Waals surface area contributed by atoms with Gasteiger partial charge in [0.05, 0.1) is 22.9 Å². The number of nitrogens with one attached hydrogen (secondary N) is 1. The molecule has 0 spiro atoms. The number of alkyl halides is 3. The van der Waals surface area contributed by atoms with E-state index in [0.29, 0.717) is 10.7 Å². The van der Waals surface area contributed by atoms with Gasteiger partial charge in [0.25, 0.3) is 0 Å². The number of rotatable bonds is 6. The van der Waals surface area contributed by atoms with Crippen molar-refractivity contribution in [2.75, 3.05) is 24.7 Å². The van der Waals surface area contributed by atoms with Crippen molar-refractivity contribution >= 4 is 29.3 Å². The summed E-state index contributed by atoms with van der Waals surface area (Å²) in [6.07, 6.45) is -3.72. The van der Waals surface area contributed by atoms with Crippen molar-refractivity contribution in [2.24, 2.45) is 0 Å². The first-order valence-electron chi connectivity index (χ1n) is 7.91. The van der Waals surface area contributed by atoms with E-state index in [-0.39, 0.29) is 24.1 Å². The van der Waals surface area contributed by atoms with E-state index in [1.54, 1.807) is 12.1 Å². The Kier molecular flexibility index (Phi) is 6.84. The molecule has 0 aliphatic heterocycles. The summed E-state index contributed by atoms with van der Waals surface area (Å²) in [5, 5.41) is 2.99. The van der Waals surface area contributed by atoms with Crippen molar-refractivity contribution in [3.8, 4) is 0 Å². The molecular weight excluding hydrogens is 379 g/mol. The second-order valence-electron chi connectivity index (χ2n) is 5.84. The number of thioether (sulfide) groups is 1. The van der Waals surface area contributed by atoms with Crippen molar-refractivity contribution in [1.82, 2.24) is 9.88 Å². The number of hydrogen-bond donors (Lipinski definition) is 1. The van der Waals surface area contributed by atoms with Gasteiger partial charge in [0.1, 0.15) is 0 Å². The van der Waals surface area contributed by atoms with Crippen molar-refractivity contribution in [3.63, 3.8) is 0 Å². The van der Waals surface area contributed by atoms with Gasteiger partial charge in [-0.05, 0) is 31.2 Å². The molecule has 1 heterocycles. The summed E-state index contributed by atoms with van der Waals surface area (Å²) >= 11 is 1.01. The molecule has 0 radical (unpaired) electrons. The molecule has 1 aromatic heterocycles. The van der Waals surface area contributed by atoms with Gasteiger partial charge in [-0.3, -0.25) is 9.59 Å². The Labute approximate surface area is 159 Å². The average Bonchev–Trinajstić information content (AvgIpc) is 2.61. The van der Waals surface area contributed by atoms with Gasteiger partial charge in [-0.15, -0.1) is 0 Å². The maximum Gasteiger partial charge on any atom is 0.417 e. The lowest BCUT2D eigenvalue weighted by molar-refractivity contribution is -0.137. The number of hydrogen-bond acceptors (Lipinski definition) is 4. The van der Waals surface area contributed by atoms with E-state index < -0.39 is 11.7 Å². The molecule has 0 fully saturated rings. The summed E-state index contributed by atoms with van der Waals surface area (Å²) in [7, 11) is 1.48. The average molecular weight is 397 g/mol. The van der Waals surface area contributed by atoms with Gasteiger partial charge in [0.2, 0.25) is 11.8 Å². The predicted octanol–water partition coefficient (Wildman–Crippen LogP) is 3.60. The molecule has 2 aromatic rings. The van der Waals surface area contributed by atoms with E-state index in [1.165, 1.54) is 18.0 Å². The van der Waals surface area contributed by atoms with Gasteiger partial charge in [-0.2, -0.15) is 13.2 Å². The highest BCUT2D eigenvalue weighted by atomic mass is 32.2. The molecule has 2 rings (SSSR count). The molecule has 27 heavy (non-hydrogen) atoms. The lowest BCUT2D eigenvalue weighted by Gasteiger charge is -2.16. The molecule has 1 aromatic carbocycles. The fourth-order valence-corrected chi connectivity index (χ4v) is 2.80. The van der Waals surface area contributed by atoms with E-state index in [2.05, 4.69) is 10.3 Å². The molecule has 0 aliphatic rings. The maximum atomic E-state index is 12.5. The van der Waals surface area contributed by atoms with Crippen LogP contribution < -0.4 is 5.32 Å². The fourth-order valence-electron chi connectivity index (χ4n) is 2.02. The first-order chi connectivity index (χ1) is 12.6. The molecule has 0 aliphatic carbocycles. The van der Waals surface area contributed by atoms with Crippen LogP contribution in [-0.2, 0) is 15.8 Å². The topological polar surface area (TPSA) is 62.3 Å². The fraction of sp³-hybridized carbons (Fsp3) is 0.278. The molecular formula is C18H18F3N3O2S. The van der Waals surface area contributed by atoms with Gasteiger partial charge in [0, 0.05) is 18.9 Å². The van der Waals surface area contributed by atoms with Crippen molar-refractivity contribution in [2.45, 2.75) is 18.1 Å². The zero-order valence-corrected chi connectivity index (χ0v) is 15.5. The highest BCUT2D eigenvalue weighted by Crippen LogP contribution is 2.29. The van der Waals surface area contributed by atoms with Gasteiger partial charge in [-0.1, -0.05) is 29.5 Å². The van der Waals surface area contributed by atoms with Crippen LogP contribution in [0.15, 0.2) is 47.6 Å². The van der Waals surface area contributed by atoms with Crippen molar-refractivity contribution in [3.05, 3.63) is 53.7 Å². The summed E-state index contributed by atoms with van der Waals surface area (Å²) in [6.45, 7) is 1.80. The summed E-state index contributed by atoms with van der Waals surface area (Å²) in [4.78, 5) is 29.0. The third kappa shape index (κ3) is 6.59. The Bertz CT molecular complexity index is 793. The van der Waals surface area contributed by atoms with Crippen LogP contribution in [0.3, 0.4) is 0 Å². The number of halogens is 3. The largest absolute Gasteiger partial charge is 0.417 e. The highest BCUT2D eigenvalue weighted by Gasteiger charge is 2.30. The summed E-state index contributed by atoms with van der Waals surface area (Å²) in [5.41, 5.74) is 0.854. The van der Waals surface area contributed by atoms with Crippen LogP contribution in [0.1, 0.15) is 11.1 Å². The van der Waals surface area contributed by atoms with Crippen LogP contribution in [0.2, 0.25) is 0 Å².